The van der Waals surface area contributed by atoms with Crippen LogP contribution in [-0.4, -0.2) is 67.5 Å². The van der Waals surface area contributed by atoms with Gasteiger partial charge in [0.15, 0.2) is 0 Å². The number of carbonyl (C=O) groups excluding carboxylic acids is 2. The minimum Gasteiger partial charge on any atom is -0.493 e. The number of nitrogens with one attached hydrogen (secondary N) is 2. The smallest absolute Gasteiger partial charge is 0.238 e. The van der Waals surface area contributed by atoms with Crippen LogP contribution in [0.4, 0.5) is 5.69 Å². The van der Waals surface area contributed by atoms with Crippen LogP contribution in [0.15, 0.2) is 18.2 Å². The van der Waals surface area contributed by atoms with Gasteiger partial charge < -0.3 is 15.4 Å². The molecule has 0 saturated heterocycles. The highest BCUT2D eigenvalue weighted by Gasteiger charge is 2.12. The number of anilines is 1. The first-order valence-corrected chi connectivity index (χ1v) is 13.2. The summed E-state index contributed by atoms with van der Waals surface area (Å²) in [6, 6.07) is 5.68. The maximum atomic E-state index is 12.5. The van der Waals surface area contributed by atoms with E-state index in [0.717, 1.165) is 56.0 Å². The molecule has 1 rings (SSSR count). The summed E-state index contributed by atoms with van der Waals surface area (Å²) >= 11 is 0. The van der Waals surface area contributed by atoms with Gasteiger partial charge in [0.1, 0.15) is 5.75 Å². The van der Waals surface area contributed by atoms with Gasteiger partial charge >= 0.3 is 0 Å². The number of carbonyl (C=O) groups is 2. The molecule has 0 fully saturated rings. The Labute approximate surface area is 207 Å². The van der Waals surface area contributed by atoms with Crippen molar-refractivity contribution in [1.82, 2.24) is 15.1 Å². The van der Waals surface area contributed by atoms with Gasteiger partial charge in [-0.2, -0.15) is 0 Å². The first kappa shape index (κ1) is 29.9. The first-order valence-electron chi connectivity index (χ1n) is 13.2. The summed E-state index contributed by atoms with van der Waals surface area (Å²) in [7, 11) is 0. The van der Waals surface area contributed by atoms with E-state index in [1.54, 1.807) is 0 Å². The normalized spacial score (nSPS) is 11.1. The molecule has 0 spiro atoms. The van der Waals surface area contributed by atoms with Crippen molar-refractivity contribution in [1.29, 1.82) is 0 Å². The van der Waals surface area contributed by atoms with Gasteiger partial charge in [-0.05, 0) is 50.8 Å². The molecule has 7 heteroatoms. The van der Waals surface area contributed by atoms with Crippen molar-refractivity contribution in [3.05, 3.63) is 23.8 Å². The molecule has 0 atom stereocenters. The maximum absolute atomic E-state index is 12.5. The van der Waals surface area contributed by atoms with Gasteiger partial charge in [-0.1, -0.05) is 66.7 Å². The fourth-order valence-electron chi connectivity index (χ4n) is 3.75. The van der Waals surface area contributed by atoms with Crippen molar-refractivity contribution in [3.8, 4) is 5.75 Å². The van der Waals surface area contributed by atoms with E-state index in [1.165, 1.54) is 25.7 Å². The molecular formula is C27H48N4O3. The summed E-state index contributed by atoms with van der Waals surface area (Å²) in [6.45, 7) is 15.5. The number of amides is 2. The topological polar surface area (TPSA) is 73.9 Å². The summed E-state index contributed by atoms with van der Waals surface area (Å²) in [4.78, 5) is 29.0. The highest BCUT2D eigenvalue weighted by molar-refractivity contribution is 5.92. The number of rotatable bonds is 19. The summed E-state index contributed by atoms with van der Waals surface area (Å²) in [6.07, 6.45) is 7.23. The van der Waals surface area contributed by atoms with Gasteiger partial charge in [0, 0.05) is 17.8 Å². The highest BCUT2D eigenvalue weighted by atomic mass is 16.5. The number of benzene rings is 1. The third-order valence-electron chi connectivity index (χ3n) is 6.10. The van der Waals surface area contributed by atoms with Gasteiger partial charge in [-0.3, -0.25) is 19.4 Å². The molecule has 0 aromatic heterocycles. The van der Waals surface area contributed by atoms with Crippen LogP contribution in [0.3, 0.4) is 0 Å². The first-order chi connectivity index (χ1) is 16.5. The Balaban J connectivity index is 2.78. The van der Waals surface area contributed by atoms with Crippen LogP contribution in [0.1, 0.15) is 78.7 Å². The molecular weight excluding hydrogens is 428 g/mol. The van der Waals surface area contributed by atoms with Gasteiger partial charge in [0.05, 0.1) is 19.7 Å². The highest BCUT2D eigenvalue weighted by Crippen LogP contribution is 2.24. The molecule has 0 unspecified atom stereocenters. The van der Waals surface area contributed by atoms with Crippen molar-refractivity contribution in [2.24, 2.45) is 0 Å². The lowest BCUT2D eigenvalue weighted by Crippen LogP contribution is -2.36. The summed E-state index contributed by atoms with van der Waals surface area (Å²) in [5, 5.41) is 6.00. The van der Waals surface area contributed by atoms with E-state index in [2.05, 4.69) is 41.2 Å². The second-order valence-corrected chi connectivity index (χ2v) is 8.69. The fourth-order valence-corrected chi connectivity index (χ4v) is 3.75. The molecule has 0 saturated carbocycles. The number of ether oxygens (including phenoxy) is 1. The summed E-state index contributed by atoms with van der Waals surface area (Å²) < 4.78 is 6.08. The van der Waals surface area contributed by atoms with Gasteiger partial charge in [-0.25, -0.2) is 0 Å². The lowest BCUT2D eigenvalue weighted by atomic mass is 10.1. The van der Waals surface area contributed by atoms with E-state index in [4.69, 9.17) is 4.74 Å². The lowest BCUT2D eigenvalue weighted by Gasteiger charge is -2.19. The fraction of sp³-hybridized carbons (Fsp3) is 0.704. The number of nitrogens with zero attached hydrogens (tertiary/aromatic N) is 2. The largest absolute Gasteiger partial charge is 0.493 e. The zero-order valence-electron chi connectivity index (χ0n) is 22.3. The summed E-state index contributed by atoms with van der Waals surface area (Å²) in [5.41, 5.74) is 1.59. The Kier molecular flexibility index (Phi) is 16.0. The van der Waals surface area contributed by atoms with Crippen molar-refractivity contribution in [2.75, 3.05) is 51.2 Å². The van der Waals surface area contributed by atoms with E-state index >= 15 is 0 Å². The van der Waals surface area contributed by atoms with Gasteiger partial charge in [-0.15, -0.1) is 0 Å². The van der Waals surface area contributed by atoms with Crippen molar-refractivity contribution < 1.29 is 14.3 Å². The molecule has 34 heavy (non-hydrogen) atoms. The predicted octanol–water partition coefficient (Wildman–Crippen LogP) is 4.66. The molecule has 0 radical (unpaired) electrons. The Bertz CT molecular complexity index is 703. The molecule has 0 aliphatic rings. The molecule has 1 aromatic carbocycles. The van der Waals surface area contributed by atoms with E-state index in [9.17, 15) is 9.59 Å². The number of unbranched alkanes of at least 4 members (excludes halogenated alkanes) is 5. The predicted molar refractivity (Wildman–Crippen MR) is 141 cm³/mol. The second-order valence-electron chi connectivity index (χ2n) is 8.69. The molecule has 1 aromatic rings. The quantitative estimate of drug-likeness (QED) is 0.284. The Morgan fingerprint density at radius 1 is 0.794 bits per heavy atom. The van der Waals surface area contributed by atoms with Gasteiger partial charge in [0.25, 0.3) is 0 Å². The van der Waals surface area contributed by atoms with E-state index in [-0.39, 0.29) is 11.8 Å². The van der Waals surface area contributed by atoms with Crippen LogP contribution in [0.2, 0.25) is 0 Å². The van der Waals surface area contributed by atoms with Crippen LogP contribution >= 0.6 is 0 Å². The number of likely N-dealkylation sites (N-methyl/N-ethyl adjacent to an activating group) is 2. The average molecular weight is 477 g/mol. The van der Waals surface area contributed by atoms with Crippen LogP contribution in [0.25, 0.3) is 0 Å². The molecule has 0 aliphatic carbocycles. The molecule has 0 heterocycles. The molecule has 0 aliphatic heterocycles. The monoisotopic (exact) mass is 476 g/mol. The standard InChI is InChI=1S/C27H48N4O3/c1-6-11-12-13-14-15-18-34-25-17-16-24(29-27(33)22-31(9-4)10-5)19-23(25)20-28-26(32)21-30(7-2)8-3/h16-17,19H,6-15,18,20-22H2,1-5H3,(H,28,32)(H,29,33). The molecule has 2 amide bonds. The average Bonchev–Trinajstić information content (AvgIpc) is 2.84. The van der Waals surface area contributed by atoms with E-state index in [0.29, 0.717) is 26.2 Å². The van der Waals surface area contributed by atoms with E-state index < -0.39 is 0 Å². The molecule has 2 N–H and O–H groups in total. The number of hydrogen-bond donors (Lipinski definition) is 2. The van der Waals surface area contributed by atoms with E-state index in [1.807, 2.05) is 32.0 Å². The minimum atomic E-state index is -0.0408. The van der Waals surface area contributed by atoms with Crippen molar-refractivity contribution in [3.63, 3.8) is 0 Å². The Morgan fingerprint density at radius 2 is 1.38 bits per heavy atom. The molecule has 7 nitrogen and oxygen atoms in total. The Hall–Kier alpha value is -2.12. The maximum Gasteiger partial charge on any atom is 0.238 e. The molecule has 0 bridgehead atoms. The van der Waals surface area contributed by atoms with Gasteiger partial charge in [0.2, 0.25) is 11.8 Å². The summed E-state index contributed by atoms with van der Waals surface area (Å²) in [5.74, 6) is 0.709. The lowest BCUT2D eigenvalue weighted by molar-refractivity contribution is -0.122. The van der Waals surface area contributed by atoms with Crippen molar-refractivity contribution >= 4 is 17.5 Å². The zero-order valence-corrected chi connectivity index (χ0v) is 22.3. The third kappa shape index (κ3) is 12.4. The minimum absolute atomic E-state index is 0.0125. The second kappa shape index (κ2) is 18.2. The van der Waals surface area contributed by atoms with Crippen LogP contribution in [0, 0.1) is 0 Å². The Morgan fingerprint density at radius 3 is 2.00 bits per heavy atom. The number of hydrogen-bond acceptors (Lipinski definition) is 5. The SMILES string of the molecule is CCCCCCCCOc1ccc(NC(=O)CN(CC)CC)cc1CNC(=O)CN(CC)CC. The third-order valence-corrected chi connectivity index (χ3v) is 6.10. The molecule has 194 valence electrons. The van der Waals surface area contributed by atoms with Crippen LogP contribution < -0.4 is 15.4 Å². The van der Waals surface area contributed by atoms with Crippen molar-refractivity contribution in [2.45, 2.75) is 79.7 Å². The van der Waals surface area contributed by atoms with Crippen LogP contribution in [-0.2, 0) is 16.1 Å². The van der Waals surface area contributed by atoms with Crippen LogP contribution in [0.5, 0.6) is 5.75 Å². The zero-order chi connectivity index (χ0) is 25.2.